The van der Waals surface area contributed by atoms with Crippen LogP contribution in [0.25, 0.3) is 0 Å². The summed E-state index contributed by atoms with van der Waals surface area (Å²) in [6.07, 6.45) is 0. The minimum absolute atomic E-state index is 0.115. The highest BCUT2D eigenvalue weighted by molar-refractivity contribution is 5.74. The first-order chi connectivity index (χ1) is 8.63. The third-order valence-corrected chi connectivity index (χ3v) is 2.77. The molecule has 0 saturated carbocycles. The number of hydrogen-bond acceptors (Lipinski definition) is 3. The number of nitrogens with two attached hydrogens (primary N) is 1. The van der Waals surface area contributed by atoms with Gasteiger partial charge < -0.3 is 10.6 Å². The van der Waals surface area contributed by atoms with Crippen LogP contribution in [0, 0.1) is 17.1 Å². The van der Waals surface area contributed by atoms with E-state index in [2.05, 4.69) is 6.07 Å². The molecule has 0 amide bonds. The molecule has 0 radical (unpaired) electrons. The molecule has 0 saturated heterocycles. The molecular weight excluding hydrogens is 229 g/mol. The Hall–Kier alpha value is -2.54. The Bertz CT molecular complexity index is 599. The van der Waals surface area contributed by atoms with Crippen molar-refractivity contribution < 1.29 is 4.39 Å². The van der Waals surface area contributed by atoms with Gasteiger partial charge >= 0.3 is 0 Å². The van der Waals surface area contributed by atoms with Gasteiger partial charge in [-0.05, 0) is 36.4 Å². The molecule has 0 aromatic heterocycles. The van der Waals surface area contributed by atoms with Crippen LogP contribution >= 0.6 is 0 Å². The molecular formula is C14H12FN3. The highest BCUT2D eigenvalue weighted by atomic mass is 19.1. The first kappa shape index (κ1) is 11.9. The molecule has 0 fully saturated rings. The van der Waals surface area contributed by atoms with Gasteiger partial charge in [0.1, 0.15) is 5.82 Å². The van der Waals surface area contributed by atoms with Crippen molar-refractivity contribution in [2.24, 2.45) is 0 Å². The monoisotopic (exact) mass is 241 g/mol. The Kier molecular flexibility index (Phi) is 3.16. The predicted molar refractivity (Wildman–Crippen MR) is 70.0 cm³/mol. The van der Waals surface area contributed by atoms with Gasteiger partial charge in [-0.25, -0.2) is 4.39 Å². The van der Waals surface area contributed by atoms with E-state index in [0.29, 0.717) is 11.3 Å². The van der Waals surface area contributed by atoms with Gasteiger partial charge in [0.25, 0.3) is 0 Å². The van der Waals surface area contributed by atoms with Gasteiger partial charge in [-0.15, -0.1) is 0 Å². The summed E-state index contributed by atoms with van der Waals surface area (Å²) in [5.41, 5.74) is 7.84. The maximum Gasteiger partial charge on any atom is 0.148 e. The molecule has 0 aliphatic heterocycles. The van der Waals surface area contributed by atoms with Crippen molar-refractivity contribution in [1.29, 1.82) is 5.26 Å². The first-order valence-electron chi connectivity index (χ1n) is 5.41. The zero-order chi connectivity index (χ0) is 13.1. The molecule has 2 rings (SSSR count). The van der Waals surface area contributed by atoms with E-state index >= 15 is 0 Å². The maximum absolute atomic E-state index is 13.4. The number of rotatable bonds is 2. The van der Waals surface area contributed by atoms with Gasteiger partial charge in [-0.1, -0.05) is 6.07 Å². The summed E-state index contributed by atoms with van der Waals surface area (Å²) in [6.45, 7) is 0. The lowest BCUT2D eigenvalue weighted by atomic mass is 10.2. The van der Waals surface area contributed by atoms with Gasteiger partial charge in [0.15, 0.2) is 0 Å². The average molecular weight is 241 g/mol. The zero-order valence-electron chi connectivity index (χ0n) is 9.89. The molecule has 0 atom stereocenters. The fourth-order valence-electron chi connectivity index (χ4n) is 1.72. The second kappa shape index (κ2) is 4.76. The summed E-state index contributed by atoms with van der Waals surface area (Å²) in [5.74, 6) is -0.437. The van der Waals surface area contributed by atoms with Gasteiger partial charge in [0.05, 0.1) is 23.0 Å². The van der Waals surface area contributed by atoms with Crippen molar-refractivity contribution in [3.63, 3.8) is 0 Å². The van der Waals surface area contributed by atoms with E-state index < -0.39 is 5.82 Å². The smallest absolute Gasteiger partial charge is 0.148 e. The summed E-state index contributed by atoms with van der Waals surface area (Å²) in [5, 5.41) is 8.73. The van der Waals surface area contributed by atoms with Crippen LogP contribution in [-0.2, 0) is 0 Å². The highest BCUT2D eigenvalue weighted by Crippen LogP contribution is 2.30. The molecule has 0 heterocycles. The number of hydrogen-bond donors (Lipinski definition) is 1. The Morgan fingerprint density at radius 2 is 1.83 bits per heavy atom. The third kappa shape index (κ3) is 2.11. The lowest BCUT2D eigenvalue weighted by molar-refractivity contribution is 0.632. The SMILES string of the molecule is CN(c1ccc(C#N)cc1)c1cccc(F)c1N. The third-order valence-electron chi connectivity index (χ3n) is 2.77. The summed E-state index contributed by atoms with van der Waals surface area (Å²) >= 11 is 0. The molecule has 0 aliphatic carbocycles. The lowest BCUT2D eigenvalue weighted by Crippen LogP contribution is -2.12. The maximum atomic E-state index is 13.4. The molecule has 18 heavy (non-hydrogen) atoms. The van der Waals surface area contributed by atoms with E-state index in [0.717, 1.165) is 5.69 Å². The van der Waals surface area contributed by atoms with Crippen molar-refractivity contribution in [3.8, 4) is 6.07 Å². The van der Waals surface area contributed by atoms with E-state index in [4.69, 9.17) is 11.0 Å². The fraction of sp³-hybridized carbons (Fsp3) is 0.0714. The summed E-state index contributed by atoms with van der Waals surface area (Å²) < 4.78 is 13.4. The van der Waals surface area contributed by atoms with Crippen LogP contribution in [0.15, 0.2) is 42.5 Å². The second-order valence-corrected chi connectivity index (χ2v) is 3.89. The van der Waals surface area contributed by atoms with E-state index in [1.54, 1.807) is 48.3 Å². The van der Waals surface area contributed by atoms with Gasteiger partial charge in [0, 0.05) is 12.7 Å². The molecule has 0 aliphatic rings. The quantitative estimate of drug-likeness (QED) is 0.822. The van der Waals surface area contributed by atoms with Crippen LogP contribution in [0.1, 0.15) is 5.56 Å². The number of halogens is 1. The zero-order valence-corrected chi connectivity index (χ0v) is 9.89. The summed E-state index contributed by atoms with van der Waals surface area (Å²) in [4.78, 5) is 1.78. The Balaban J connectivity index is 2.38. The number of nitriles is 1. The Morgan fingerprint density at radius 1 is 1.17 bits per heavy atom. The van der Waals surface area contributed by atoms with Gasteiger partial charge in [-0.3, -0.25) is 0 Å². The fourth-order valence-corrected chi connectivity index (χ4v) is 1.72. The van der Waals surface area contributed by atoms with Crippen LogP contribution in [-0.4, -0.2) is 7.05 Å². The minimum Gasteiger partial charge on any atom is -0.395 e. The molecule has 0 bridgehead atoms. The van der Waals surface area contributed by atoms with Crippen LogP contribution in [0.4, 0.5) is 21.5 Å². The van der Waals surface area contributed by atoms with Crippen molar-refractivity contribution in [1.82, 2.24) is 0 Å². The number of nitrogen functional groups attached to an aromatic ring is 1. The van der Waals surface area contributed by atoms with E-state index in [9.17, 15) is 4.39 Å². The molecule has 4 heteroatoms. The van der Waals surface area contributed by atoms with Gasteiger partial charge in [-0.2, -0.15) is 5.26 Å². The minimum atomic E-state index is -0.437. The molecule has 0 spiro atoms. The first-order valence-corrected chi connectivity index (χ1v) is 5.41. The summed E-state index contributed by atoms with van der Waals surface area (Å²) in [6, 6.07) is 13.7. The van der Waals surface area contributed by atoms with Gasteiger partial charge in [0.2, 0.25) is 0 Å². The van der Waals surface area contributed by atoms with Crippen LogP contribution in [0.3, 0.4) is 0 Å². The van der Waals surface area contributed by atoms with E-state index in [-0.39, 0.29) is 5.69 Å². The predicted octanol–water partition coefficient (Wildman–Crippen LogP) is 3.05. The number of nitrogens with zero attached hydrogens (tertiary/aromatic N) is 2. The number of anilines is 3. The van der Waals surface area contributed by atoms with Crippen LogP contribution in [0.2, 0.25) is 0 Å². The molecule has 2 N–H and O–H groups in total. The molecule has 90 valence electrons. The number of para-hydroxylation sites is 1. The largest absolute Gasteiger partial charge is 0.395 e. The lowest BCUT2D eigenvalue weighted by Gasteiger charge is -2.21. The second-order valence-electron chi connectivity index (χ2n) is 3.89. The van der Waals surface area contributed by atoms with Crippen molar-refractivity contribution >= 4 is 17.1 Å². The Labute approximate surface area is 105 Å². The van der Waals surface area contributed by atoms with E-state index in [1.807, 2.05) is 0 Å². The van der Waals surface area contributed by atoms with Crippen LogP contribution < -0.4 is 10.6 Å². The standard InChI is InChI=1S/C14H12FN3/c1-18(11-7-5-10(9-16)6-8-11)13-4-2-3-12(15)14(13)17/h2-8H,17H2,1H3. The summed E-state index contributed by atoms with van der Waals surface area (Å²) in [7, 11) is 1.80. The molecule has 2 aromatic rings. The normalized spacial score (nSPS) is 9.83. The molecule has 3 nitrogen and oxygen atoms in total. The molecule has 0 unspecified atom stereocenters. The topological polar surface area (TPSA) is 53.0 Å². The number of benzene rings is 2. The average Bonchev–Trinajstić information content (AvgIpc) is 2.41. The molecule has 2 aromatic carbocycles. The van der Waals surface area contributed by atoms with Crippen molar-refractivity contribution in [2.75, 3.05) is 17.7 Å². The Morgan fingerprint density at radius 3 is 2.44 bits per heavy atom. The van der Waals surface area contributed by atoms with Crippen molar-refractivity contribution in [2.45, 2.75) is 0 Å². The van der Waals surface area contributed by atoms with Crippen LogP contribution in [0.5, 0.6) is 0 Å². The highest BCUT2D eigenvalue weighted by Gasteiger charge is 2.10. The van der Waals surface area contributed by atoms with Crippen molar-refractivity contribution in [3.05, 3.63) is 53.8 Å². The van der Waals surface area contributed by atoms with E-state index in [1.165, 1.54) is 6.07 Å².